The topological polar surface area (TPSA) is 55.8 Å². The van der Waals surface area contributed by atoms with Crippen LogP contribution in [-0.2, 0) is 19.1 Å². The average Bonchev–Trinajstić information content (AvgIpc) is 3.22. The Morgan fingerprint density at radius 1 is 1.36 bits per heavy atom. The number of carbonyl (C=O) groups is 2. The van der Waals surface area contributed by atoms with Gasteiger partial charge in [0.25, 0.3) is 0 Å². The summed E-state index contributed by atoms with van der Waals surface area (Å²) in [7, 11) is 0. The van der Waals surface area contributed by atoms with E-state index in [1.807, 2.05) is 57.2 Å². The molecule has 2 fully saturated rings. The normalized spacial score (nSPS) is 32.6. The van der Waals surface area contributed by atoms with Crippen molar-refractivity contribution in [3.05, 3.63) is 42.0 Å². The number of fused-ring (bicyclic) bond motifs is 1. The summed E-state index contributed by atoms with van der Waals surface area (Å²) in [5, 5.41) is 0. The summed E-state index contributed by atoms with van der Waals surface area (Å²) in [6.45, 7) is 6.80. The van der Waals surface area contributed by atoms with Crippen LogP contribution in [0.3, 0.4) is 0 Å². The summed E-state index contributed by atoms with van der Waals surface area (Å²) in [6, 6.07) is 7.84. The van der Waals surface area contributed by atoms with Crippen molar-refractivity contribution in [2.24, 2.45) is 17.8 Å². The molecule has 5 heteroatoms. The maximum atomic E-state index is 13.1. The van der Waals surface area contributed by atoms with E-state index >= 15 is 0 Å². The van der Waals surface area contributed by atoms with Gasteiger partial charge in [0.15, 0.2) is 0 Å². The number of nitrogens with zero attached hydrogens (tertiary/aromatic N) is 1. The van der Waals surface area contributed by atoms with E-state index in [1.54, 1.807) is 4.90 Å². The summed E-state index contributed by atoms with van der Waals surface area (Å²) in [6.07, 6.45) is 3.51. The Hall–Kier alpha value is -2.14. The number of amides is 1. The Morgan fingerprint density at radius 2 is 2.08 bits per heavy atom. The van der Waals surface area contributed by atoms with Gasteiger partial charge >= 0.3 is 5.97 Å². The molecule has 132 valence electrons. The largest absolute Gasteiger partial charge is 0.465 e. The van der Waals surface area contributed by atoms with E-state index in [-0.39, 0.29) is 23.9 Å². The van der Waals surface area contributed by atoms with Crippen molar-refractivity contribution >= 4 is 17.6 Å². The van der Waals surface area contributed by atoms with Gasteiger partial charge in [0.05, 0.1) is 25.2 Å². The van der Waals surface area contributed by atoms with Gasteiger partial charge < -0.3 is 14.4 Å². The molecule has 3 aliphatic heterocycles. The number of rotatable bonds is 4. The van der Waals surface area contributed by atoms with Crippen molar-refractivity contribution < 1.29 is 19.1 Å². The molecule has 3 heterocycles. The predicted octanol–water partition coefficient (Wildman–Crippen LogP) is 2.48. The molecule has 3 aliphatic rings. The summed E-state index contributed by atoms with van der Waals surface area (Å²) >= 11 is 0. The first kappa shape index (κ1) is 16.3. The van der Waals surface area contributed by atoms with E-state index in [9.17, 15) is 9.59 Å². The Bertz CT molecular complexity index is 739. The molecule has 2 bridgehead atoms. The highest BCUT2D eigenvalue weighted by atomic mass is 16.6. The first-order valence-electron chi connectivity index (χ1n) is 8.83. The first-order valence-corrected chi connectivity index (χ1v) is 8.83. The highest BCUT2D eigenvalue weighted by molar-refractivity contribution is 6.02. The highest BCUT2D eigenvalue weighted by Crippen LogP contribution is 2.52. The average molecular weight is 341 g/mol. The van der Waals surface area contributed by atoms with Gasteiger partial charge in [-0.2, -0.15) is 0 Å². The third kappa shape index (κ3) is 2.49. The standard InChI is InChI=1S/C20H23NO4/c1-12(2)10-24-19(23)16-15-8-9-20(25-15)11-21(18(22)17(16)20)14-6-4-13(3)5-7-14/h4-9,12,15-17H,10-11H2,1-3H3/t15-,16?,17?,20+/m0/s1. The Balaban J connectivity index is 1.61. The molecule has 0 aliphatic carbocycles. The van der Waals surface area contributed by atoms with Crippen molar-refractivity contribution in [2.75, 3.05) is 18.1 Å². The molecule has 4 rings (SSSR count). The van der Waals surface area contributed by atoms with Gasteiger partial charge in [-0.25, -0.2) is 0 Å². The quantitative estimate of drug-likeness (QED) is 0.624. The van der Waals surface area contributed by atoms with Crippen molar-refractivity contribution in [2.45, 2.75) is 32.5 Å². The van der Waals surface area contributed by atoms with Gasteiger partial charge in [0.1, 0.15) is 11.5 Å². The molecule has 0 N–H and O–H groups in total. The van der Waals surface area contributed by atoms with Crippen LogP contribution in [0, 0.1) is 24.7 Å². The minimum absolute atomic E-state index is 0.0535. The van der Waals surface area contributed by atoms with Gasteiger partial charge in [-0.3, -0.25) is 9.59 Å². The van der Waals surface area contributed by atoms with Crippen LogP contribution in [-0.4, -0.2) is 36.7 Å². The maximum Gasteiger partial charge on any atom is 0.312 e. The number of ether oxygens (including phenoxy) is 2. The first-order chi connectivity index (χ1) is 11.9. The summed E-state index contributed by atoms with van der Waals surface area (Å²) in [5.74, 6) is -1.16. The highest BCUT2D eigenvalue weighted by Gasteiger charge is 2.67. The van der Waals surface area contributed by atoms with E-state index in [0.717, 1.165) is 11.3 Å². The van der Waals surface area contributed by atoms with Crippen molar-refractivity contribution in [1.82, 2.24) is 0 Å². The van der Waals surface area contributed by atoms with Crippen molar-refractivity contribution in [1.29, 1.82) is 0 Å². The number of aryl methyl sites for hydroxylation is 1. The molecule has 2 unspecified atom stereocenters. The molecule has 2 saturated heterocycles. The fourth-order valence-corrected chi connectivity index (χ4v) is 4.06. The Morgan fingerprint density at radius 3 is 2.76 bits per heavy atom. The second kappa shape index (κ2) is 5.70. The molecule has 1 spiro atoms. The van der Waals surface area contributed by atoms with Crippen LogP contribution in [0.15, 0.2) is 36.4 Å². The fourth-order valence-electron chi connectivity index (χ4n) is 4.06. The molecular weight excluding hydrogens is 318 g/mol. The number of anilines is 1. The molecule has 1 aromatic carbocycles. The molecule has 4 atom stereocenters. The smallest absolute Gasteiger partial charge is 0.312 e. The molecule has 0 saturated carbocycles. The summed E-state index contributed by atoms with van der Waals surface area (Å²) in [4.78, 5) is 27.5. The monoisotopic (exact) mass is 341 g/mol. The molecule has 0 aromatic heterocycles. The van der Waals surface area contributed by atoms with Gasteiger partial charge in [-0.05, 0) is 25.0 Å². The lowest BCUT2D eigenvalue weighted by Gasteiger charge is -2.23. The lowest BCUT2D eigenvalue weighted by molar-refractivity contribution is -0.153. The van der Waals surface area contributed by atoms with Crippen LogP contribution in [0.5, 0.6) is 0 Å². The van der Waals surface area contributed by atoms with Gasteiger partial charge in [-0.1, -0.05) is 43.7 Å². The lowest BCUT2D eigenvalue weighted by Crippen LogP contribution is -2.40. The molecular formula is C20H23NO4. The number of hydrogen-bond acceptors (Lipinski definition) is 4. The third-order valence-corrected chi connectivity index (χ3v) is 5.28. The second-order valence-corrected chi connectivity index (χ2v) is 7.68. The molecule has 1 aromatic rings. The van der Waals surface area contributed by atoms with Crippen molar-refractivity contribution in [3.8, 4) is 0 Å². The third-order valence-electron chi connectivity index (χ3n) is 5.28. The zero-order chi connectivity index (χ0) is 17.8. The fraction of sp³-hybridized carbons (Fsp3) is 0.500. The number of carbonyl (C=O) groups excluding carboxylic acids is 2. The van der Waals surface area contributed by atoms with E-state index in [4.69, 9.17) is 9.47 Å². The molecule has 0 radical (unpaired) electrons. The maximum absolute atomic E-state index is 13.1. The zero-order valence-corrected chi connectivity index (χ0v) is 14.8. The van der Waals surface area contributed by atoms with Crippen LogP contribution >= 0.6 is 0 Å². The summed E-state index contributed by atoms with van der Waals surface area (Å²) < 4.78 is 11.5. The van der Waals surface area contributed by atoms with Gasteiger partial charge in [0.2, 0.25) is 5.91 Å². The van der Waals surface area contributed by atoms with Crippen LogP contribution in [0.4, 0.5) is 5.69 Å². The molecule has 5 nitrogen and oxygen atoms in total. The zero-order valence-electron chi connectivity index (χ0n) is 14.8. The van der Waals surface area contributed by atoms with Crippen molar-refractivity contribution in [3.63, 3.8) is 0 Å². The Labute approximate surface area is 147 Å². The van der Waals surface area contributed by atoms with E-state index in [2.05, 4.69) is 0 Å². The van der Waals surface area contributed by atoms with Crippen LogP contribution < -0.4 is 4.90 Å². The van der Waals surface area contributed by atoms with E-state index in [1.165, 1.54) is 0 Å². The van der Waals surface area contributed by atoms with E-state index in [0.29, 0.717) is 13.2 Å². The summed E-state index contributed by atoms with van der Waals surface area (Å²) in [5.41, 5.74) is 1.28. The van der Waals surface area contributed by atoms with Gasteiger partial charge in [-0.15, -0.1) is 0 Å². The second-order valence-electron chi connectivity index (χ2n) is 7.68. The van der Waals surface area contributed by atoms with Crippen LogP contribution in [0.2, 0.25) is 0 Å². The number of hydrogen-bond donors (Lipinski definition) is 0. The minimum atomic E-state index is -0.700. The molecule has 1 amide bonds. The van der Waals surface area contributed by atoms with Crippen LogP contribution in [0.1, 0.15) is 19.4 Å². The predicted molar refractivity (Wildman–Crippen MR) is 93.1 cm³/mol. The number of esters is 1. The lowest BCUT2D eigenvalue weighted by atomic mass is 9.77. The van der Waals surface area contributed by atoms with Gasteiger partial charge in [0, 0.05) is 5.69 Å². The SMILES string of the molecule is Cc1ccc(N2C[C@@]34C=C[C@H](O3)C(C(=O)OCC(C)C)C4C2=O)cc1. The minimum Gasteiger partial charge on any atom is -0.465 e. The Kier molecular flexibility index (Phi) is 3.72. The van der Waals surface area contributed by atoms with E-state index < -0.39 is 17.4 Å². The molecule has 25 heavy (non-hydrogen) atoms. The van der Waals surface area contributed by atoms with Crippen LogP contribution in [0.25, 0.3) is 0 Å². The number of benzene rings is 1.